The predicted octanol–water partition coefficient (Wildman–Crippen LogP) is 3.79. The first-order valence-electron chi connectivity index (χ1n) is 9.32. The van der Waals surface area contributed by atoms with Crippen molar-refractivity contribution in [3.05, 3.63) is 17.7 Å². The van der Waals surface area contributed by atoms with Gasteiger partial charge in [-0.15, -0.1) is 0 Å². The third kappa shape index (κ3) is 3.94. The molecule has 0 aromatic heterocycles. The van der Waals surface area contributed by atoms with Gasteiger partial charge in [-0.3, -0.25) is 4.79 Å². The average molecular weight is 360 g/mol. The van der Waals surface area contributed by atoms with Crippen LogP contribution in [0.2, 0.25) is 0 Å². The van der Waals surface area contributed by atoms with E-state index in [2.05, 4.69) is 10.5 Å². The van der Waals surface area contributed by atoms with Crippen molar-refractivity contribution in [3.63, 3.8) is 0 Å². The van der Waals surface area contributed by atoms with Gasteiger partial charge < -0.3 is 14.2 Å². The molecule has 0 aliphatic heterocycles. The second-order valence-electron chi connectivity index (χ2n) is 7.08. The molecule has 0 heterocycles. The molecule has 0 radical (unpaired) electrons. The van der Waals surface area contributed by atoms with Gasteiger partial charge in [0.05, 0.1) is 21.3 Å². The molecule has 2 saturated carbocycles. The molecular formula is C20H28N2O4. The van der Waals surface area contributed by atoms with Gasteiger partial charge in [-0.25, -0.2) is 5.43 Å². The zero-order valence-electron chi connectivity index (χ0n) is 15.8. The summed E-state index contributed by atoms with van der Waals surface area (Å²) in [6.07, 6.45) is 8.54. The van der Waals surface area contributed by atoms with Crippen LogP contribution in [0.3, 0.4) is 0 Å². The Morgan fingerprint density at radius 2 is 1.65 bits per heavy atom. The van der Waals surface area contributed by atoms with Gasteiger partial charge in [-0.05, 0) is 49.7 Å². The number of fused-ring (bicyclic) bond motifs is 1. The van der Waals surface area contributed by atoms with Crippen LogP contribution in [0.5, 0.6) is 17.2 Å². The van der Waals surface area contributed by atoms with E-state index < -0.39 is 0 Å². The van der Waals surface area contributed by atoms with E-state index in [0.717, 1.165) is 30.4 Å². The summed E-state index contributed by atoms with van der Waals surface area (Å²) >= 11 is 0. The molecule has 0 bridgehead atoms. The first-order valence-corrected chi connectivity index (χ1v) is 9.32. The van der Waals surface area contributed by atoms with Crippen molar-refractivity contribution in [2.45, 2.75) is 44.9 Å². The summed E-state index contributed by atoms with van der Waals surface area (Å²) in [6.45, 7) is 0. The van der Waals surface area contributed by atoms with Crippen LogP contribution in [-0.2, 0) is 0 Å². The number of hydrazone groups is 1. The normalized spacial score (nSPS) is 23.9. The SMILES string of the molecule is COc1cc(C(=O)N/N=C2/CC[C@@H]3CCCC[C@H]3C2)cc(OC)c1OC. The molecule has 3 rings (SSSR count). The van der Waals surface area contributed by atoms with Crippen molar-refractivity contribution in [1.29, 1.82) is 0 Å². The van der Waals surface area contributed by atoms with Gasteiger partial charge in [-0.1, -0.05) is 19.3 Å². The molecule has 2 aliphatic carbocycles. The molecule has 2 fully saturated rings. The van der Waals surface area contributed by atoms with Crippen molar-refractivity contribution >= 4 is 11.6 Å². The summed E-state index contributed by atoms with van der Waals surface area (Å²) in [5.74, 6) is 2.69. The van der Waals surface area contributed by atoms with E-state index in [4.69, 9.17) is 14.2 Å². The Morgan fingerprint density at radius 1 is 1.00 bits per heavy atom. The van der Waals surface area contributed by atoms with Gasteiger partial charge in [0.25, 0.3) is 5.91 Å². The van der Waals surface area contributed by atoms with Crippen LogP contribution >= 0.6 is 0 Å². The van der Waals surface area contributed by atoms with Gasteiger partial charge in [0.2, 0.25) is 5.75 Å². The van der Waals surface area contributed by atoms with Crippen LogP contribution in [0, 0.1) is 11.8 Å². The Morgan fingerprint density at radius 3 is 2.27 bits per heavy atom. The number of hydrogen-bond acceptors (Lipinski definition) is 5. The van der Waals surface area contributed by atoms with E-state index in [1.54, 1.807) is 12.1 Å². The second-order valence-corrected chi connectivity index (χ2v) is 7.08. The fourth-order valence-electron chi connectivity index (χ4n) is 4.20. The predicted molar refractivity (Wildman–Crippen MR) is 100 cm³/mol. The first kappa shape index (κ1) is 18.5. The number of methoxy groups -OCH3 is 3. The van der Waals surface area contributed by atoms with Crippen molar-refractivity contribution in [3.8, 4) is 17.2 Å². The molecule has 1 amide bonds. The summed E-state index contributed by atoms with van der Waals surface area (Å²) in [4.78, 5) is 12.5. The van der Waals surface area contributed by atoms with E-state index >= 15 is 0 Å². The van der Waals surface area contributed by atoms with Crippen LogP contribution in [0.15, 0.2) is 17.2 Å². The maximum Gasteiger partial charge on any atom is 0.271 e. The van der Waals surface area contributed by atoms with E-state index in [9.17, 15) is 4.79 Å². The number of amides is 1. The lowest BCUT2D eigenvalue weighted by Gasteiger charge is -2.35. The van der Waals surface area contributed by atoms with Gasteiger partial charge in [0.15, 0.2) is 11.5 Å². The van der Waals surface area contributed by atoms with Crippen molar-refractivity contribution in [1.82, 2.24) is 5.43 Å². The lowest BCUT2D eigenvalue weighted by Crippen LogP contribution is -2.29. The monoisotopic (exact) mass is 360 g/mol. The summed E-state index contributed by atoms with van der Waals surface area (Å²) in [5, 5.41) is 4.41. The van der Waals surface area contributed by atoms with E-state index in [0.29, 0.717) is 22.8 Å². The quantitative estimate of drug-likeness (QED) is 0.811. The molecule has 1 aromatic carbocycles. The highest BCUT2D eigenvalue weighted by molar-refractivity contribution is 5.96. The minimum absolute atomic E-state index is 0.275. The molecule has 1 aromatic rings. The third-order valence-electron chi connectivity index (χ3n) is 5.61. The topological polar surface area (TPSA) is 69.2 Å². The Hall–Kier alpha value is -2.24. The van der Waals surface area contributed by atoms with Crippen LogP contribution in [-0.4, -0.2) is 32.9 Å². The van der Waals surface area contributed by atoms with E-state index in [1.165, 1.54) is 53.4 Å². The minimum Gasteiger partial charge on any atom is -0.493 e. The number of carbonyl (C=O) groups is 1. The number of carbonyl (C=O) groups excluding carboxylic acids is 1. The van der Waals surface area contributed by atoms with Crippen LogP contribution in [0.25, 0.3) is 0 Å². The third-order valence-corrected chi connectivity index (χ3v) is 5.61. The lowest BCUT2D eigenvalue weighted by molar-refractivity contribution is 0.0953. The molecule has 1 N–H and O–H groups in total. The molecule has 0 saturated heterocycles. The van der Waals surface area contributed by atoms with Crippen molar-refractivity contribution in [2.75, 3.05) is 21.3 Å². The number of ether oxygens (including phenoxy) is 3. The highest BCUT2D eigenvalue weighted by Gasteiger charge is 2.30. The fraction of sp³-hybridized carbons (Fsp3) is 0.600. The summed E-state index contributed by atoms with van der Waals surface area (Å²) in [5.41, 5.74) is 4.23. The maximum absolute atomic E-state index is 12.5. The van der Waals surface area contributed by atoms with Gasteiger partial charge >= 0.3 is 0 Å². The number of nitrogens with one attached hydrogen (secondary N) is 1. The number of nitrogens with zero attached hydrogens (tertiary/aromatic N) is 1. The smallest absolute Gasteiger partial charge is 0.271 e. The van der Waals surface area contributed by atoms with Crippen LogP contribution in [0.4, 0.5) is 0 Å². The molecule has 0 spiro atoms. The van der Waals surface area contributed by atoms with Crippen LogP contribution in [0.1, 0.15) is 55.3 Å². The fourth-order valence-corrected chi connectivity index (χ4v) is 4.20. The molecule has 2 aliphatic rings. The molecule has 2 atom stereocenters. The Kier molecular flexibility index (Phi) is 6.01. The van der Waals surface area contributed by atoms with Crippen molar-refractivity contribution in [2.24, 2.45) is 16.9 Å². The minimum atomic E-state index is -0.275. The zero-order chi connectivity index (χ0) is 18.5. The first-order chi connectivity index (χ1) is 12.7. The summed E-state index contributed by atoms with van der Waals surface area (Å²) in [7, 11) is 4.59. The van der Waals surface area contributed by atoms with Crippen LogP contribution < -0.4 is 19.6 Å². The molecule has 6 heteroatoms. The van der Waals surface area contributed by atoms with E-state index in [1.807, 2.05) is 0 Å². The summed E-state index contributed by atoms with van der Waals surface area (Å²) in [6, 6.07) is 3.27. The zero-order valence-corrected chi connectivity index (χ0v) is 15.8. The van der Waals surface area contributed by atoms with Gasteiger partial charge in [0, 0.05) is 11.3 Å². The van der Waals surface area contributed by atoms with E-state index in [-0.39, 0.29) is 5.91 Å². The maximum atomic E-state index is 12.5. The largest absolute Gasteiger partial charge is 0.493 e. The molecule has 6 nitrogen and oxygen atoms in total. The molecule has 26 heavy (non-hydrogen) atoms. The van der Waals surface area contributed by atoms with Gasteiger partial charge in [0.1, 0.15) is 0 Å². The van der Waals surface area contributed by atoms with Crippen molar-refractivity contribution < 1.29 is 19.0 Å². The molecule has 142 valence electrons. The second kappa shape index (κ2) is 8.43. The molecular weight excluding hydrogens is 332 g/mol. The lowest BCUT2D eigenvalue weighted by atomic mass is 9.70. The Labute approximate surface area is 154 Å². The Bertz CT molecular complexity index is 661. The Balaban J connectivity index is 1.70. The highest BCUT2D eigenvalue weighted by Crippen LogP contribution is 2.40. The van der Waals surface area contributed by atoms with Gasteiger partial charge in [-0.2, -0.15) is 5.10 Å². The standard InChI is InChI=1S/C20H28N2O4/c1-24-17-11-15(12-18(25-2)19(17)26-3)20(23)22-21-16-9-8-13-6-4-5-7-14(13)10-16/h11-14H,4-10H2,1-3H3,(H,22,23)/b21-16-/t13-,14-/m0/s1. The number of rotatable bonds is 5. The summed E-state index contributed by atoms with van der Waals surface area (Å²) < 4.78 is 15.9. The average Bonchev–Trinajstić information content (AvgIpc) is 2.70. The number of hydrogen-bond donors (Lipinski definition) is 1. The highest BCUT2D eigenvalue weighted by atomic mass is 16.5. The molecule has 0 unspecified atom stereocenters. The number of benzene rings is 1.